The van der Waals surface area contributed by atoms with Crippen molar-refractivity contribution in [2.45, 2.75) is 13.5 Å². The second-order valence-electron chi connectivity index (χ2n) is 2.16. The lowest BCUT2D eigenvalue weighted by Gasteiger charge is -2.01. The monoisotopic (exact) mass is 153 g/mol. The minimum atomic E-state index is -0.191. The first-order valence-corrected chi connectivity index (χ1v) is 3.59. The van der Waals surface area contributed by atoms with Gasteiger partial charge < -0.3 is 9.30 Å². The van der Waals surface area contributed by atoms with Gasteiger partial charge in [0.25, 0.3) is 0 Å². The van der Waals surface area contributed by atoms with Gasteiger partial charge in [-0.1, -0.05) is 0 Å². The predicted octanol–water partition coefficient (Wildman–Crippen LogP) is 1.05. The number of rotatable bonds is 3. The summed E-state index contributed by atoms with van der Waals surface area (Å²) in [5.41, 5.74) is 0. The molecule has 0 aliphatic carbocycles. The Bertz CT molecular complexity index is 216. The summed E-state index contributed by atoms with van der Waals surface area (Å²) in [5.74, 6) is -0.191. The summed E-state index contributed by atoms with van der Waals surface area (Å²) in [5, 5.41) is 0. The fourth-order valence-electron chi connectivity index (χ4n) is 0.831. The van der Waals surface area contributed by atoms with E-state index in [4.69, 9.17) is 4.74 Å². The molecule has 0 atom stereocenters. The molecule has 0 aliphatic heterocycles. The zero-order valence-electron chi connectivity index (χ0n) is 6.49. The van der Waals surface area contributed by atoms with Crippen LogP contribution in [-0.2, 0) is 16.1 Å². The van der Waals surface area contributed by atoms with Crippen LogP contribution in [0.2, 0.25) is 0 Å². The second-order valence-corrected chi connectivity index (χ2v) is 2.16. The molecular formula is C8H11NO2. The Morgan fingerprint density at radius 2 is 2.09 bits per heavy atom. The molecule has 0 N–H and O–H groups in total. The topological polar surface area (TPSA) is 31.2 Å². The van der Waals surface area contributed by atoms with Crippen LogP contribution >= 0.6 is 0 Å². The summed E-state index contributed by atoms with van der Waals surface area (Å²) in [7, 11) is 0. The maximum absolute atomic E-state index is 10.9. The van der Waals surface area contributed by atoms with Crippen LogP contribution in [-0.4, -0.2) is 17.1 Å². The first-order valence-electron chi connectivity index (χ1n) is 3.59. The Hall–Kier alpha value is -1.25. The summed E-state index contributed by atoms with van der Waals surface area (Å²) in [6.45, 7) is 2.55. The van der Waals surface area contributed by atoms with Crippen molar-refractivity contribution in [3.05, 3.63) is 24.5 Å². The lowest BCUT2D eigenvalue weighted by Crippen LogP contribution is -2.11. The molecule has 0 saturated heterocycles. The number of aromatic nitrogens is 1. The Morgan fingerprint density at radius 1 is 1.45 bits per heavy atom. The first kappa shape index (κ1) is 7.85. The van der Waals surface area contributed by atoms with Crippen molar-refractivity contribution < 1.29 is 9.53 Å². The maximum Gasteiger partial charge on any atom is 0.325 e. The van der Waals surface area contributed by atoms with E-state index in [1.54, 1.807) is 11.5 Å². The Morgan fingerprint density at radius 3 is 2.64 bits per heavy atom. The minimum Gasteiger partial charge on any atom is -0.465 e. The van der Waals surface area contributed by atoms with Crippen molar-refractivity contribution in [1.29, 1.82) is 0 Å². The number of carbonyl (C=O) groups excluding carboxylic acids is 1. The number of hydrogen-bond acceptors (Lipinski definition) is 2. The number of nitrogens with zero attached hydrogens (tertiary/aromatic N) is 1. The van der Waals surface area contributed by atoms with Gasteiger partial charge in [-0.15, -0.1) is 0 Å². The molecule has 0 radical (unpaired) electrons. The first-order chi connectivity index (χ1) is 5.33. The normalized spacial score (nSPS) is 9.55. The third-order valence-electron chi connectivity index (χ3n) is 1.28. The van der Waals surface area contributed by atoms with Gasteiger partial charge in [-0.3, -0.25) is 4.79 Å². The molecule has 1 heterocycles. The maximum atomic E-state index is 10.9. The van der Waals surface area contributed by atoms with Crippen LogP contribution in [0.5, 0.6) is 0 Å². The molecule has 0 spiro atoms. The highest BCUT2D eigenvalue weighted by Gasteiger charge is 1.99. The average Bonchev–Trinajstić information content (AvgIpc) is 2.40. The molecule has 60 valence electrons. The summed E-state index contributed by atoms with van der Waals surface area (Å²) < 4.78 is 6.53. The molecule has 0 aliphatic rings. The standard InChI is InChI=1S/C8H11NO2/c1-2-11-8(10)7-9-5-3-4-6-9/h3-6H,2,7H2,1H3. The van der Waals surface area contributed by atoms with Crippen LogP contribution < -0.4 is 0 Å². The summed E-state index contributed by atoms with van der Waals surface area (Å²) >= 11 is 0. The van der Waals surface area contributed by atoms with E-state index in [0.717, 1.165) is 0 Å². The van der Waals surface area contributed by atoms with Crippen molar-refractivity contribution in [3.63, 3.8) is 0 Å². The number of esters is 1. The van der Waals surface area contributed by atoms with E-state index in [1.807, 2.05) is 24.5 Å². The van der Waals surface area contributed by atoms with Gasteiger partial charge in [-0.2, -0.15) is 0 Å². The lowest BCUT2D eigenvalue weighted by molar-refractivity contribution is -0.143. The quantitative estimate of drug-likeness (QED) is 0.608. The summed E-state index contributed by atoms with van der Waals surface area (Å²) in [6.07, 6.45) is 3.66. The van der Waals surface area contributed by atoms with Crippen molar-refractivity contribution in [2.24, 2.45) is 0 Å². The number of ether oxygens (including phenoxy) is 1. The van der Waals surface area contributed by atoms with Crippen LogP contribution in [0.3, 0.4) is 0 Å². The van der Waals surface area contributed by atoms with E-state index in [1.165, 1.54) is 0 Å². The molecule has 3 heteroatoms. The van der Waals surface area contributed by atoms with E-state index >= 15 is 0 Å². The third kappa shape index (κ3) is 2.45. The Balaban J connectivity index is 2.37. The van der Waals surface area contributed by atoms with Crippen molar-refractivity contribution >= 4 is 5.97 Å². The SMILES string of the molecule is CCOC(=O)Cn1cccc1. The van der Waals surface area contributed by atoms with Crippen LogP contribution in [0.4, 0.5) is 0 Å². The molecule has 1 rings (SSSR count). The molecule has 0 saturated carbocycles. The van der Waals surface area contributed by atoms with E-state index in [0.29, 0.717) is 13.2 Å². The van der Waals surface area contributed by atoms with Gasteiger partial charge >= 0.3 is 5.97 Å². The van der Waals surface area contributed by atoms with Gasteiger partial charge in [-0.25, -0.2) is 0 Å². The van der Waals surface area contributed by atoms with E-state index in [-0.39, 0.29) is 5.97 Å². The van der Waals surface area contributed by atoms with Crippen LogP contribution in [0.25, 0.3) is 0 Å². The molecule has 0 amide bonds. The highest BCUT2D eigenvalue weighted by molar-refractivity contribution is 5.69. The average molecular weight is 153 g/mol. The smallest absolute Gasteiger partial charge is 0.325 e. The fourth-order valence-corrected chi connectivity index (χ4v) is 0.831. The predicted molar refractivity (Wildman–Crippen MR) is 41.1 cm³/mol. The van der Waals surface area contributed by atoms with E-state index in [9.17, 15) is 4.79 Å². The van der Waals surface area contributed by atoms with Gasteiger partial charge in [0.15, 0.2) is 0 Å². The third-order valence-corrected chi connectivity index (χ3v) is 1.28. The molecule has 1 aromatic rings. The van der Waals surface area contributed by atoms with Gasteiger partial charge in [0, 0.05) is 12.4 Å². The van der Waals surface area contributed by atoms with Gasteiger partial charge in [0.05, 0.1) is 6.61 Å². The second kappa shape index (κ2) is 3.81. The van der Waals surface area contributed by atoms with Crippen molar-refractivity contribution in [1.82, 2.24) is 4.57 Å². The van der Waals surface area contributed by atoms with Crippen LogP contribution in [0, 0.1) is 0 Å². The van der Waals surface area contributed by atoms with Crippen molar-refractivity contribution in [3.8, 4) is 0 Å². The van der Waals surface area contributed by atoms with Gasteiger partial charge in [0.2, 0.25) is 0 Å². The van der Waals surface area contributed by atoms with Crippen LogP contribution in [0.1, 0.15) is 6.92 Å². The number of hydrogen-bond donors (Lipinski definition) is 0. The molecule has 0 aromatic carbocycles. The molecule has 0 unspecified atom stereocenters. The molecule has 3 nitrogen and oxygen atoms in total. The Labute approximate surface area is 65.6 Å². The molecule has 0 fully saturated rings. The highest BCUT2D eigenvalue weighted by Crippen LogP contribution is 1.90. The highest BCUT2D eigenvalue weighted by atomic mass is 16.5. The number of carbonyl (C=O) groups is 1. The zero-order chi connectivity index (χ0) is 8.10. The Kier molecular flexibility index (Phi) is 2.72. The largest absolute Gasteiger partial charge is 0.465 e. The van der Waals surface area contributed by atoms with E-state index in [2.05, 4.69) is 0 Å². The molecule has 11 heavy (non-hydrogen) atoms. The minimum absolute atomic E-state index is 0.191. The van der Waals surface area contributed by atoms with Crippen molar-refractivity contribution in [2.75, 3.05) is 6.61 Å². The summed E-state index contributed by atoms with van der Waals surface area (Å²) in [6, 6.07) is 3.75. The molecular weight excluding hydrogens is 142 g/mol. The van der Waals surface area contributed by atoms with E-state index < -0.39 is 0 Å². The zero-order valence-corrected chi connectivity index (χ0v) is 6.49. The summed E-state index contributed by atoms with van der Waals surface area (Å²) in [4.78, 5) is 10.9. The van der Waals surface area contributed by atoms with Gasteiger partial charge in [0.1, 0.15) is 6.54 Å². The van der Waals surface area contributed by atoms with Gasteiger partial charge in [-0.05, 0) is 19.1 Å². The van der Waals surface area contributed by atoms with Crippen LogP contribution in [0.15, 0.2) is 24.5 Å². The molecule has 0 bridgehead atoms. The lowest BCUT2D eigenvalue weighted by atomic mass is 10.6. The fraction of sp³-hybridized carbons (Fsp3) is 0.375. The molecule has 1 aromatic heterocycles.